The van der Waals surface area contributed by atoms with Gasteiger partial charge in [0.05, 0.1) is 13.1 Å². The molecule has 0 saturated carbocycles. The van der Waals surface area contributed by atoms with Gasteiger partial charge in [0.15, 0.2) is 6.10 Å². The van der Waals surface area contributed by atoms with Gasteiger partial charge in [0, 0.05) is 6.20 Å². The first-order valence-electron chi connectivity index (χ1n) is 5.04. The summed E-state index contributed by atoms with van der Waals surface area (Å²) in [7, 11) is 0. The largest absolute Gasteiger partial charge is 0.479 e. The second kappa shape index (κ2) is 6.10. The first-order chi connectivity index (χ1) is 8.41. The van der Waals surface area contributed by atoms with Gasteiger partial charge in [-0.25, -0.2) is 13.6 Å². The Balaban J connectivity index is 2.61. The SMILES string of the molecule is O=C(NC[C@H](O)C(=O)O)c1cccn1CC(F)F. The summed E-state index contributed by atoms with van der Waals surface area (Å²) in [6.07, 6.45) is -3.02. The van der Waals surface area contributed by atoms with Gasteiger partial charge in [0.25, 0.3) is 12.3 Å². The van der Waals surface area contributed by atoms with Crippen molar-refractivity contribution in [2.75, 3.05) is 6.54 Å². The second-order valence-electron chi connectivity index (χ2n) is 3.50. The van der Waals surface area contributed by atoms with Crippen LogP contribution in [0, 0.1) is 0 Å². The molecular weight excluding hydrogens is 250 g/mol. The number of hydrogen-bond acceptors (Lipinski definition) is 3. The molecule has 1 amide bonds. The molecule has 1 heterocycles. The first-order valence-corrected chi connectivity index (χ1v) is 5.04. The Labute approximate surface area is 101 Å². The average molecular weight is 262 g/mol. The summed E-state index contributed by atoms with van der Waals surface area (Å²) < 4.78 is 25.4. The molecule has 0 bridgehead atoms. The second-order valence-corrected chi connectivity index (χ2v) is 3.50. The van der Waals surface area contributed by atoms with Gasteiger partial charge in [-0.05, 0) is 12.1 Å². The molecule has 100 valence electrons. The molecule has 1 aromatic heterocycles. The molecule has 0 aromatic carbocycles. The number of rotatable bonds is 6. The van der Waals surface area contributed by atoms with E-state index in [1.807, 2.05) is 0 Å². The number of nitrogens with zero attached hydrogens (tertiary/aromatic N) is 1. The van der Waals surface area contributed by atoms with E-state index in [2.05, 4.69) is 5.32 Å². The lowest BCUT2D eigenvalue weighted by Gasteiger charge is -2.10. The number of hydrogen-bond donors (Lipinski definition) is 3. The van der Waals surface area contributed by atoms with E-state index in [0.717, 1.165) is 4.57 Å². The first kappa shape index (κ1) is 14.1. The van der Waals surface area contributed by atoms with Crippen molar-refractivity contribution in [2.45, 2.75) is 19.1 Å². The minimum atomic E-state index is -2.60. The highest BCUT2D eigenvalue weighted by Gasteiger charge is 2.17. The predicted octanol–water partition coefficient (Wildman–Crippen LogP) is -0.0715. The number of alkyl halides is 2. The molecule has 0 radical (unpaired) electrons. The summed E-state index contributed by atoms with van der Waals surface area (Å²) in [6, 6.07) is 2.75. The van der Waals surface area contributed by atoms with Crippen LogP contribution in [0.3, 0.4) is 0 Å². The minimum Gasteiger partial charge on any atom is -0.479 e. The summed E-state index contributed by atoms with van der Waals surface area (Å²) in [4.78, 5) is 21.9. The van der Waals surface area contributed by atoms with Crippen molar-refractivity contribution in [3.05, 3.63) is 24.0 Å². The molecule has 0 aliphatic heterocycles. The fourth-order valence-corrected chi connectivity index (χ4v) is 1.30. The number of aliphatic hydroxyl groups is 1. The fourth-order valence-electron chi connectivity index (χ4n) is 1.30. The van der Waals surface area contributed by atoms with Crippen molar-refractivity contribution in [2.24, 2.45) is 0 Å². The van der Waals surface area contributed by atoms with Gasteiger partial charge in [-0.2, -0.15) is 0 Å². The summed E-state index contributed by atoms with van der Waals surface area (Å²) in [6.45, 7) is -1.12. The summed E-state index contributed by atoms with van der Waals surface area (Å²) in [5.74, 6) is -2.20. The highest BCUT2D eigenvalue weighted by atomic mass is 19.3. The third kappa shape index (κ3) is 3.81. The lowest BCUT2D eigenvalue weighted by Crippen LogP contribution is -2.37. The zero-order valence-corrected chi connectivity index (χ0v) is 9.22. The Kier molecular flexibility index (Phi) is 4.78. The fraction of sp³-hybridized carbons (Fsp3) is 0.400. The van der Waals surface area contributed by atoms with Gasteiger partial charge in [-0.15, -0.1) is 0 Å². The van der Waals surface area contributed by atoms with Crippen molar-refractivity contribution < 1.29 is 28.6 Å². The van der Waals surface area contributed by atoms with Crippen LogP contribution >= 0.6 is 0 Å². The minimum absolute atomic E-state index is 0.0205. The van der Waals surface area contributed by atoms with Crippen LogP contribution in [-0.4, -0.2) is 45.7 Å². The number of amides is 1. The van der Waals surface area contributed by atoms with Gasteiger partial charge < -0.3 is 20.1 Å². The van der Waals surface area contributed by atoms with Gasteiger partial charge in [0.2, 0.25) is 0 Å². The van der Waals surface area contributed by atoms with Gasteiger partial charge >= 0.3 is 5.97 Å². The number of nitrogens with one attached hydrogen (secondary N) is 1. The van der Waals surface area contributed by atoms with Crippen LogP contribution in [0.15, 0.2) is 18.3 Å². The maximum Gasteiger partial charge on any atom is 0.334 e. The highest BCUT2D eigenvalue weighted by molar-refractivity contribution is 5.93. The van der Waals surface area contributed by atoms with Gasteiger partial charge in [0.1, 0.15) is 5.69 Å². The van der Waals surface area contributed by atoms with Crippen LogP contribution in [0.1, 0.15) is 10.5 Å². The number of halogens is 2. The van der Waals surface area contributed by atoms with Gasteiger partial charge in [-0.3, -0.25) is 4.79 Å². The standard InChI is InChI=1S/C10H12F2N2O4/c11-8(12)5-14-3-1-2-6(14)9(16)13-4-7(15)10(17)18/h1-3,7-8,15H,4-5H2,(H,13,16)(H,17,18)/t7-/m0/s1. The van der Waals surface area contributed by atoms with E-state index >= 15 is 0 Å². The molecule has 1 atom stereocenters. The molecule has 6 nitrogen and oxygen atoms in total. The summed E-state index contributed by atoms with van der Waals surface area (Å²) in [5.41, 5.74) is -0.0205. The van der Waals surface area contributed by atoms with Crippen molar-refractivity contribution >= 4 is 11.9 Å². The predicted molar refractivity (Wildman–Crippen MR) is 56.4 cm³/mol. The Morgan fingerprint density at radius 3 is 2.67 bits per heavy atom. The molecule has 0 spiro atoms. The third-order valence-electron chi connectivity index (χ3n) is 2.14. The molecule has 1 rings (SSSR count). The smallest absolute Gasteiger partial charge is 0.334 e. The van der Waals surface area contributed by atoms with Crippen molar-refractivity contribution in [1.29, 1.82) is 0 Å². The summed E-state index contributed by atoms with van der Waals surface area (Å²) in [5, 5.41) is 19.5. The van der Waals surface area contributed by atoms with Crippen LogP contribution < -0.4 is 5.32 Å². The molecule has 18 heavy (non-hydrogen) atoms. The lowest BCUT2D eigenvalue weighted by molar-refractivity contribution is -0.146. The Hall–Kier alpha value is -1.96. The molecule has 1 aromatic rings. The topological polar surface area (TPSA) is 91.6 Å². The van der Waals surface area contributed by atoms with E-state index in [-0.39, 0.29) is 5.69 Å². The number of aromatic nitrogens is 1. The normalized spacial score (nSPS) is 12.4. The Morgan fingerprint density at radius 2 is 2.11 bits per heavy atom. The molecular formula is C10H12F2N2O4. The van der Waals surface area contributed by atoms with Crippen molar-refractivity contribution in [1.82, 2.24) is 9.88 Å². The van der Waals surface area contributed by atoms with E-state index in [0.29, 0.717) is 0 Å². The zero-order valence-electron chi connectivity index (χ0n) is 9.22. The molecule has 0 aliphatic rings. The number of carboxylic acids is 1. The number of aliphatic carboxylic acids is 1. The van der Waals surface area contributed by atoms with Crippen LogP contribution in [0.5, 0.6) is 0 Å². The van der Waals surface area contributed by atoms with Crippen molar-refractivity contribution in [3.8, 4) is 0 Å². The van der Waals surface area contributed by atoms with E-state index in [4.69, 9.17) is 10.2 Å². The maximum absolute atomic E-state index is 12.2. The number of carboxylic acid groups (broad SMARTS) is 1. The third-order valence-corrected chi connectivity index (χ3v) is 2.14. The molecule has 0 saturated heterocycles. The molecule has 0 aliphatic carbocycles. The van der Waals surface area contributed by atoms with E-state index in [1.165, 1.54) is 18.3 Å². The lowest BCUT2D eigenvalue weighted by atomic mass is 10.3. The molecule has 3 N–H and O–H groups in total. The van der Waals surface area contributed by atoms with Crippen LogP contribution in [0.25, 0.3) is 0 Å². The monoisotopic (exact) mass is 262 g/mol. The van der Waals surface area contributed by atoms with E-state index < -0.39 is 37.5 Å². The summed E-state index contributed by atoms with van der Waals surface area (Å²) >= 11 is 0. The number of aliphatic hydroxyl groups excluding tert-OH is 1. The Morgan fingerprint density at radius 1 is 1.44 bits per heavy atom. The van der Waals surface area contributed by atoms with E-state index in [9.17, 15) is 18.4 Å². The maximum atomic E-state index is 12.2. The molecule has 0 unspecified atom stereocenters. The quantitative estimate of drug-likeness (QED) is 0.669. The van der Waals surface area contributed by atoms with Crippen LogP contribution in [-0.2, 0) is 11.3 Å². The van der Waals surface area contributed by atoms with Gasteiger partial charge in [-0.1, -0.05) is 0 Å². The molecule has 8 heteroatoms. The van der Waals surface area contributed by atoms with Crippen molar-refractivity contribution in [3.63, 3.8) is 0 Å². The highest BCUT2D eigenvalue weighted by Crippen LogP contribution is 2.06. The zero-order chi connectivity index (χ0) is 13.7. The Bertz CT molecular complexity index is 433. The average Bonchev–Trinajstić information content (AvgIpc) is 2.72. The van der Waals surface area contributed by atoms with Crippen LogP contribution in [0.2, 0.25) is 0 Å². The number of carbonyl (C=O) groups is 2. The van der Waals surface area contributed by atoms with E-state index in [1.54, 1.807) is 0 Å². The molecule has 0 fully saturated rings. The number of carbonyl (C=O) groups excluding carboxylic acids is 1. The van der Waals surface area contributed by atoms with Crippen LogP contribution in [0.4, 0.5) is 8.78 Å².